The molecular formula is C53H72BN. The van der Waals surface area contributed by atoms with Gasteiger partial charge >= 0.3 is 0 Å². The molecule has 6 rings (SSSR count). The molecule has 0 saturated heterocycles. The fourth-order valence-electron chi connectivity index (χ4n) is 9.83. The van der Waals surface area contributed by atoms with Gasteiger partial charge in [0.05, 0.1) is 32.3 Å². The fourth-order valence-corrected chi connectivity index (χ4v) is 9.83. The summed E-state index contributed by atoms with van der Waals surface area (Å²) in [5.41, 5.74) is 8.44. The van der Waals surface area contributed by atoms with Gasteiger partial charge in [-0.25, -0.2) is 0 Å². The number of benzene rings is 6. The van der Waals surface area contributed by atoms with Gasteiger partial charge < -0.3 is 4.48 Å². The average Bonchev–Trinajstić information content (AvgIpc) is 3.22. The molecule has 0 N–H and O–H groups in total. The molecule has 0 unspecified atom stereocenters. The predicted octanol–water partition coefficient (Wildman–Crippen LogP) is 13.3. The van der Waals surface area contributed by atoms with Gasteiger partial charge in [0.2, 0.25) is 0 Å². The zero-order valence-corrected chi connectivity index (χ0v) is 36.0. The van der Waals surface area contributed by atoms with Crippen molar-refractivity contribution in [2.24, 2.45) is 0 Å². The van der Waals surface area contributed by atoms with Gasteiger partial charge in [-0.3, -0.25) is 0 Å². The Kier molecular flexibility index (Phi) is 15.6. The number of aryl methyl sites for hydroxylation is 3. The Morgan fingerprint density at radius 3 is 0.891 bits per heavy atom. The van der Waals surface area contributed by atoms with E-state index in [1.165, 1.54) is 160 Å². The Labute approximate surface area is 336 Å². The third-order valence-electron chi connectivity index (χ3n) is 13.1. The van der Waals surface area contributed by atoms with Gasteiger partial charge in [0.1, 0.15) is 0 Å². The van der Waals surface area contributed by atoms with Crippen LogP contribution in [0.4, 0.5) is 0 Å². The second kappa shape index (κ2) is 20.3. The van der Waals surface area contributed by atoms with Gasteiger partial charge in [0.25, 0.3) is 0 Å². The lowest BCUT2D eigenvalue weighted by molar-refractivity contribution is -0.929. The molecule has 0 fully saturated rings. The molecule has 6 aromatic rings. The van der Waals surface area contributed by atoms with Crippen molar-refractivity contribution in [2.75, 3.05) is 26.2 Å². The van der Waals surface area contributed by atoms with E-state index in [9.17, 15) is 0 Å². The number of nitrogens with zero attached hydrogens (tertiary/aromatic N) is 1. The molecule has 0 heterocycles. The molecule has 6 aromatic carbocycles. The molecule has 0 aromatic heterocycles. The standard InChI is InChI=1S/C37H36B.C16H36N/c1-5-6-25-38(35-22-19-26(2)29-13-7-10-16-32(29)35,36-23-20-27(3)30-14-8-11-17-33(30)36)37-24-21-28(4)31-15-9-12-18-34(31)37;1-5-9-13-17(14-10-6-2,15-11-7-3)16-12-8-4/h7-24H,5-6,25H2,1-4H3;5-16H2,1-4H3/q-1;+1. The van der Waals surface area contributed by atoms with Crippen molar-refractivity contribution in [3.05, 3.63) is 126 Å². The minimum atomic E-state index is -1.29. The van der Waals surface area contributed by atoms with Crippen LogP contribution < -0.4 is 16.4 Å². The normalized spacial score (nSPS) is 12.0. The van der Waals surface area contributed by atoms with E-state index in [1.807, 2.05) is 0 Å². The first-order chi connectivity index (χ1) is 26.8. The van der Waals surface area contributed by atoms with Crippen LogP contribution in [0.2, 0.25) is 6.32 Å². The lowest BCUT2D eigenvalue weighted by Gasteiger charge is -2.46. The molecule has 0 saturated carbocycles. The first kappa shape index (κ1) is 42.3. The van der Waals surface area contributed by atoms with E-state index in [2.05, 4.69) is 165 Å². The minimum absolute atomic E-state index is 1.11. The Balaban J connectivity index is 0.000000290. The monoisotopic (exact) mass is 734 g/mol. The van der Waals surface area contributed by atoms with Gasteiger partial charge in [0.15, 0.2) is 0 Å². The van der Waals surface area contributed by atoms with Crippen molar-refractivity contribution in [3.8, 4) is 0 Å². The zero-order valence-electron chi connectivity index (χ0n) is 36.0. The molecule has 292 valence electrons. The van der Waals surface area contributed by atoms with E-state index in [0.717, 1.165) is 6.32 Å². The molecule has 0 spiro atoms. The Bertz CT molecular complexity index is 1870. The van der Waals surface area contributed by atoms with Crippen LogP contribution in [-0.2, 0) is 0 Å². The third-order valence-corrected chi connectivity index (χ3v) is 13.1. The molecular weight excluding hydrogens is 661 g/mol. The summed E-state index contributed by atoms with van der Waals surface area (Å²) >= 11 is 0. The summed E-state index contributed by atoms with van der Waals surface area (Å²) in [5, 5.41) is 8.25. The lowest BCUT2D eigenvalue weighted by Crippen LogP contribution is -2.67. The van der Waals surface area contributed by atoms with Crippen LogP contribution in [0.1, 0.15) is 116 Å². The highest BCUT2D eigenvalue weighted by Gasteiger charge is 2.34. The summed E-state index contributed by atoms with van der Waals surface area (Å²) in [6, 6.07) is 41.6. The number of rotatable bonds is 18. The summed E-state index contributed by atoms with van der Waals surface area (Å²) < 4.78 is 1.42. The molecule has 1 nitrogen and oxygen atoms in total. The Morgan fingerprint density at radius 1 is 0.345 bits per heavy atom. The summed E-state index contributed by atoms with van der Waals surface area (Å²) in [6.07, 6.45) is 13.2. The smallest absolute Gasteiger partial charge is 0.0837 e. The lowest BCUT2D eigenvalue weighted by atomic mass is 9.13. The van der Waals surface area contributed by atoms with E-state index in [-0.39, 0.29) is 0 Å². The summed E-state index contributed by atoms with van der Waals surface area (Å²) in [4.78, 5) is 0. The molecule has 0 amide bonds. The second-order valence-electron chi connectivity index (χ2n) is 16.9. The van der Waals surface area contributed by atoms with E-state index < -0.39 is 6.15 Å². The Hall–Kier alpha value is -3.88. The average molecular weight is 734 g/mol. The highest BCUT2D eigenvalue weighted by Crippen LogP contribution is 2.30. The van der Waals surface area contributed by atoms with Gasteiger partial charge in [-0.05, 0) is 79.3 Å². The second-order valence-corrected chi connectivity index (χ2v) is 16.9. The molecule has 0 aliphatic carbocycles. The van der Waals surface area contributed by atoms with Gasteiger partial charge in [0, 0.05) is 0 Å². The van der Waals surface area contributed by atoms with E-state index in [0.29, 0.717) is 0 Å². The van der Waals surface area contributed by atoms with Crippen LogP contribution in [0.3, 0.4) is 0 Å². The number of unbranched alkanes of at least 4 members (excludes halogenated alkanes) is 5. The Morgan fingerprint density at radius 2 is 0.618 bits per heavy atom. The largest absolute Gasteiger partial charge is 0.324 e. The summed E-state index contributed by atoms with van der Waals surface area (Å²) in [6.45, 7) is 24.1. The molecule has 0 bridgehead atoms. The molecule has 0 aliphatic heterocycles. The van der Waals surface area contributed by atoms with Crippen molar-refractivity contribution in [2.45, 2.75) is 126 Å². The van der Waals surface area contributed by atoms with Crippen molar-refractivity contribution in [1.29, 1.82) is 0 Å². The summed E-state index contributed by atoms with van der Waals surface area (Å²) in [7, 11) is 0. The molecule has 0 radical (unpaired) electrons. The van der Waals surface area contributed by atoms with Gasteiger partial charge in [-0.15, -0.1) is 0 Å². The maximum absolute atomic E-state index is 2.45. The zero-order chi connectivity index (χ0) is 39.3. The van der Waals surface area contributed by atoms with Crippen molar-refractivity contribution >= 4 is 54.9 Å². The quantitative estimate of drug-likeness (QED) is 0.0609. The highest BCUT2D eigenvalue weighted by molar-refractivity contribution is 7.14. The molecule has 0 aliphatic rings. The SMILES string of the molecule is CCCC[B-](c1ccc(C)c2ccccc12)(c1ccc(C)c2ccccc12)c1ccc(C)c2ccccc12.CCCC[N+](CCCC)(CCCC)CCCC. The van der Waals surface area contributed by atoms with Crippen LogP contribution >= 0.6 is 0 Å². The van der Waals surface area contributed by atoms with Gasteiger partial charge in [-0.1, -0.05) is 198 Å². The van der Waals surface area contributed by atoms with E-state index >= 15 is 0 Å². The maximum atomic E-state index is 2.45. The first-order valence-electron chi connectivity index (χ1n) is 22.3. The third kappa shape index (κ3) is 9.40. The fraction of sp³-hybridized carbons (Fsp3) is 0.434. The number of fused-ring (bicyclic) bond motifs is 3. The van der Waals surface area contributed by atoms with Crippen LogP contribution in [0.25, 0.3) is 32.3 Å². The van der Waals surface area contributed by atoms with Gasteiger partial charge in [-0.2, -0.15) is 22.7 Å². The van der Waals surface area contributed by atoms with Crippen LogP contribution in [0.15, 0.2) is 109 Å². The first-order valence-corrected chi connectivity index (χ1v) is 22.3. The molecule has 0 atom stereocenters. The predicted molar refractivity (Wildman–Crippen MR) is 250 cm³/mol. The maximum Gasteiger partial charge on any atom is 0.0837 e. The van der Waals surface area contributed by atoms with E-state index in [1.54, 1.807) is 0 Å². The number of quaternary nitrogens is 1. The number of hydrogen-bond donors (Lipinski definition) is 0. The van der Waals surface area contributed by atoms with Crippen LogP contribution in [-0.4, -0.2) is 36.8 Å². The molecule has 55 heavy (non-hydrogen) atoms. The highest BCUT2D eigenvalue weighted by atomic mass is 15.3. The topological polar surface area (TPSA) is 0 Å². The van der Waals surface area contributed by atoms with Crippen LogP contribution in [0.5, 0.6) is 0 Å². The van der Waals surface area contributed by atoms with Crippen molar-refractivity contribution < 1.29 is 4.48 Å². The molecule has 2 heteroatoms. The summed E-state index contributed by atoms with van der Waals surface area (Å²) in [5.74, 6) is 0. The van der Waals surface area contributed by atoms with Crippen LogP contribution in [0, 0.1) is 20.8 Å². The van der Waals surface area contributed by atoms with Crippen molar-refractivity contribution in [1.82, 2.24) is 0 Å². The minimum Gasteiger partial charge on any atom is -0.324 e. The van der Waals surface area contributed by atoms with E-state index in [4.69, 9.17) is 0 Å². The van der Waals surface area contributed by atoms with Crippen molar-refractivity contribution in [3.63, 3.8) is 0 Å². The number of hydrogen-bond acceptors (Lipinski definition) is 0.